The Kier molecular flexibility index (Phi) is 3.96. The van der Waals surface area contributed by atoms with Gasteiger partial charge in [0.1, 0.15) is 0 Å². The van der Waals surface area contributed by atoms with Crippen molar-refractivity contribution in [1.82, 2.24) is 15.0 Å². The van der Waals surface area contributed by atoms with Crippen molar-refractivity contribution in [2.24, 2.45) is 0 Å². The molecule has 2 heterocycles. The van der Waals surface area contributed by atoms with Gasteiger partial charge in [0.15, 0.2) is 0 Å². The van der Waals surface area contributed by atoms with E-state index in [1.54, 1.807) is 13.3 Å². The van der Waals surface area contributed by atoms with Crippen LogP contribution in [0, 0.1) is 0 Å². The van der Waals surface area contributed by atoms with E-state index in [0.29, 0.717) is 11.8 Å². The monoisotopic (exact) mass is 292 g/mol. The normalized spacial score (nSPS) is 10.3. The summed E-state index contributed by atoms with van der Waals surface area (Å²) in [4.78, 5) is 15.3. The standard InChI is InChI=1S/C17H16N4O/c1-21(13-7-4-3-5-8-13)17-18-12-11-15(20-17)14-9-6-10-16(19-14)22-2/h3-12H,1-2H3. The van der Waals surface area contributed by atoms with Crippen molar-refractivity contribution < 1.29 is 4.74 Å². The van der Waals surface area contributed by atoms with Gasteiger partial charge in [-0.25, -0.2) is 15.0 Å². The first-order valence-electron chi connectivity index (χ1n) is 6.91. The minimum Gasteiger partial charge on any atom is -0.481 e. The van der Waals surface area contributed by atoms with Crippen LogP contribution in [0.25, 0.3) is 11.4 Å². The van der Waals surface area contributed by atoms with Crippen molar-refractivity contribution in [3.8, 4) is 17.3 Å². The average Bonchev–Trinajstić information content (AvgIpc) is 2.62. The number of para-hydroxylation sites is 1. The molecular weight excluding hydrogens is 276 g/mol. The number of hydrogen-bond acceptors (Lipinski definition) is 5. The zero-order valence-electron chi connectivity index (χ0n) is 12.5. The molecule has 0 saturated carbocycles. The maximum Gasteiger partial charge on any atom is 0.230 e. The summed E-state index contributed by atoms with van der Waals surface area (Å²) in [5.74, 6) is 1.18. The number of pyridine rings is 1. The Bertz CT molecular complexity index is 761. The van der Waals surface area contributed by atoms with E-state index in [0.717, 1.165) is 17.1 Å². The number of hydrogen-bond donors (Lipinski definition) is 0. The minimum absolute atomic E-state index is 0.564. The van der Waals surface area contributed by atoms with E-state index in [1.165, 1.54) is 0 Å². The van der Waals surface area contributed by atoms with Crippen LogP contribution in [-0.4, -0.2) is 29.1 Å². The molecule has 110 valence electrons. The van der Waals surface area contributed by atoms with Crippen LogP contribution in [0.5, 0.6) is 5.88 Å². The van der Waals surface area contributed by atoms with Crippen molar-refractivity contribution in [3.63, 3.8) is 0 Å². The molecule has 0 unspecified atom stereocenters. The molecule has 0 bridgehead atoms. The maximum absolute atomic E-state index is 5.16. The van der Waals surface area contributed by atoms with Gasteiger partial charge in [0, 0.05) is 25.0 Å². The van der Waals surface area contributed by atoms with E-state index in [1.807, 2.05) is 66.5 Å². The third kappa shape index (κ3) is 2.88. The molecule has 3 aromatic rings. The van der Waals surface area contributed by atoms with E-state index in [9.17, 15) is 0 Å². The highest BCUT2D eigenvalue weighted by Gasteiger charge is 2.09. The largest absolute Gasteiger partial charge is 0.481 e. The highest BCUT2D eigenvalue weighted by Crippen LogP contribution is 2.23. The lowest BCUT2D eigenvalue weighted by atomic mass is 10.2. The van der Waals surface area contributed by atoms with Crippen LogP contribution < -0.4 is 9.64 Å². The Morgan fingerprint density at radius 2 is 1.64 bits per heavy atom. The highest BCUT2D eigenvalue weighted by molar-refractivity contribution is 5.60. The molecule has 5 heteroatoms. The summed E-state index contributed by atoms with van der Waals surface area (Å²) in [5, 5.41) is 0. The molecule has 5 nitrogen and oxygen atoms in total. The number of nitrogens with zero attached hydrogens (tertiary/aromatic N) is 4. The molecule has 0 aliphatic rings. The van der Waals surface area contributed by atoms with Crippen LogP contribution in [0.4, 0.5) is 11.6 Å². The molecule has 0 N–H and O–H groups in total. The Morgan fingerprint density at radius 1 is 0.864 bits per heavy atom. The summed E-state index contributed by atoms with van der Waals surface area (Å²) < 4.78 is 5.16. The van der Waals surface area contributed by atoms with Gasteiger partial charge in [0.2, 0.25) is 11.8 Å². The number of anilines is 2. The van der Waals surface area contributed by atoms with Crippen molar-refractivity contribution in [2.75, 3.05) is 19.1 Å². The molecule has 0 aliphatic heterocycles. The van der Waals surface area contributed by atoms with Gasteiger partial charge in [-0.05, 0) is 24.3 Å². The quantitative estimate of drug-likeness (QED) is 0.738. The molecule has 22 heavy (non-hydrogen) atoms. The zero-order valence-corrected chi connectivity index (χ0v) is 12.5. The first-order valence-corrected chi connectivity index (χ1v) is 6.91. The van der Waals surface area contributed by atoms with Gasteiger partial charge < -0.3 is 9.64 Å². The van der Waals surface area contributed by atoms with Gasteiger partial charge >= 0.3 is 0 Å². The van der Waals surface area contributed by atoms with Gasteiger partial charge in [-0.15, -0.1) is 0 Å². The van der Waals surface area contributed by atoms with E-state index < -0.39 is 0 Å². The van der Waals surface area contributed by atoms with Gasteiger partial charge in [0.25, 0.3) is 0 Å². The SMILES string of the molecule is COc1cccc(-c2ccnc(N(C)c3ccccc3)n2)n1. The maximum atomic E-state index is 5.16. The van der Waals surface area contributed by atoms with Gasteiger partial charge in [-0.3, -0.25) is 0 Å². The molecular formula is C17H16N4O. The first-order chi connectivity index (χ1) is 10.8. The summed E-state index contributed by atoms with van der Waals surface area (Å²) >= 11 is 0. The minimum atomic E-state index is 0.564. The van der Waals surface area contributed by atoms with Crippen LogP contribution in [0.3, 0.4) is 0 Å². The molecule has 0 aliphatic carbocycles. The van der Waals surface area contributed by atoms with Crippen molar-refractivity contribution >= 4 is 11.6 Å². The molecule has 0 spiro atoms. The molecule has 1 aromatic carbocycles. The predicted molar refractivity (Wildman–Crippen MR) is 86.3 cm³/mol. The Labute approximate surface area is 129 Å². The molecule has 3 rings (SSSR count). The van der Waals surface area contributed by atoms with Crippen molar-refractivity contribution in [2.45, 2.75) is 0 Å². The van der Waals surface area contributed by atoms with Crippen LogP contribution >= 0.6 is 0 Å². The number of benzene rings is 1. The fraction of sp³-hybridized carbons (Fsp3) is 0.118. The zero-order chi connectivity index (χ0) is 15.4. The van der Waals surface area contributed by atoms with E-state index in [4.69, 9.17) is 4.74 Å². The van der Waals surface area contributed by atoms with Crippen LogP contribution in [0.15, 0.2) is 60.8 Å². The van der Waals surface area contributed by atoms with Gasteiger partial charge in [-0.1, -0.05) is 24.3 Å². The third-order valence-corrected chi connectivity index (χ3v) is 3.28. The predicted octanol–water partition coefficient (Wildman–Crippen LogP) is 3.32. The molecule has 0 fully saturated rings. The molecule has 2 aromatic heterocycles. The number of ether oxygens (including phenoxy) is 1. The first kappa shape index (κ1) is 14.0. The topological polar surface area (TPSA) is 51.1 Å². The Hall–Kier alpha value is -2.95. The summed E-state index contributed by atoms with van der Waals surface area (Å²) in [6.45, 7) is 0. The van der Waals surface area contributed by atoms with Gasteiger partial charge in [0.05, 0.1) is 18.5 Å². The fourth-order valence-electron chi connectivity index (χ4n) is 2.09. The summed E-state index contributed by atoms with van der Waals surface area (Å²) in [5.41, 5.74) is 2.54. The Balaban J connectivity index is 1.95. The lowest BCUT2D eigenvalue weighted by Crippen LogP contribution is -2.13. The average molecular weight is 292 g/mol. The Morgan fingerprint density at radius 3 is 2.41 bits per heavy atom. The smallest absolute Gasteiger partial charge is 0.230 e. The fourth-order valence-corrected chi connectivity index (χ4v) is 2.09. The van der Waals surface area contributed by atoms with E-state index >= 15 is 0 Å². The van der Waals surface area contributed by atoms with Crippen LogP contribution in [-0.2, 0) is 0 Å². The summed E-state index contributed by atoms with van der Waals surface area (Å²) in [6.07, 6.45) is 1.73. The highest BCUT2D eigenvalue weighted by atomic mass is 16.5. The van der Waals surface area contributed by atoms with Crippen LogP contribution in [0.2, 0.25) is 0 Å². The van der Waals surface area contributed by atoms with Crippen molar-refractivity contribution in [3.05, 3.63) is 60.8 Å². The summed E-state index contributed by atoms with van der Waals surface area (Å²) in [7, 11) is 3.54. The van der Waals surface area contributed by atoms with Crippen molar-refractivity contribution in [1.29, 1.82) is 0 Å². The molecule has 0 radical (unpaired) electrons. The summed E-state index contributed by atoms with van der Waals surface area (Å²) in [6, 6.07) is 17.4. The second-order valence-electron chi connectivity index (χ2n) is 4.70. The van der Waals surface area contributed by atoms with E-state index in [-0.39, 0.29) is 0 Å². The van der Waals surface area contributed by atoms with E-state index in [2.05, 4.69) is 15.0 Å². The number of rotatable bonds is 4. The van der Waals surface area contributed by atoms with Gasteiger partial charge in [-0.2, -0.15) is 0 Å². The lowest BCUT2D eigenvalue weighted by Gasteiger charge is -2.17. The second-order valence-corrected chi connectivity index (χ2v) is 4.70. The lowest BCUT2D eigenvalue weighted by molar-refractivity contribution is 0.398. The molecule has 0 saturated heterocycles. The second kappa shape index (κ2) is 6.22. The third-order valence-electron chi connectivity index (χ3n) is 3.28. The molecule has 0 atom stereocenters. The molecule has 0 amide bonds. The number of aromatic nitrogens is 3. The number of methoxy groups -OCH3 is 1. The van der Waals surface area contributed by atoms with Crippen LogP contribution in [0.1, 0.15) is 0 Å².